The third-order valence-corrected chi connectivity index (χ3v) is 5.57. The summed E-state index contributed by atoms with van der Waals surface area (Å²) in [5.74, 6) is 1.07. The zero-order valence-corrected chi connectivity index (χ0v) is 16.7. The third-order valence-electron chi connectivity index (χ3n) is 5.57. The normalized spacial score (nSPS) is 20.7. The predicted molar refractivity (Wildman–Crippen MR) is 109 cm³/mol. The number of carbonyl (C=O) groups excluding carboxylic acids is 2. The fourth-order valence-corrected chi connectivity index (χ4v) is 4.05. The van der Waals surface area contributed by atoms with Crippen LogP contribution in [0.4, 0.5) is 5.69 Å². The van der Waals surface area contributed by atoms with Crippen molar-refractivity contribution in [2.45, 2.75) is 38.3 Å². The van der Waals surface area contributed by atoms with Gasteiger partial charge in [-0.25, -0.2) is 0 Å². The zero-order valence-electron chi connectivity index (χ0n) is 16.7. The van der Waals surface area contributed by atoms with Crippen LogP contribution in [0.3, 0.4) is 0 Å². The molecule has 2 aliphatic heterocycles. The van der Waals surface area contributed by atoms with Gasteiger partial charge in [-0.2, -0.15) is 0 Å². The van der Waals surface area contributed by atoms with Crippen LogP contribution in [0.5, 0.6) is 5.75 Å². The number of likely N-dealkylation sites (tertiary alicyclic amines) is 1. The van der Waals surface area contributed by atoms with Crippen molar-refractivity contribution in [1.29, 1.82) is 0 Å². The first-order valence-electron chi connectivity index (χ1n) is 10.2. The van der Waals surface area contributed by atoms with Crippen molar-refractivity contribution < 1.29 is 18.7 Å². The van der Waals surface area contributed by atoms with Crippen LogP contribution in [-0.4, -0.2) is 49.0 Å². The van der Waals surface area contributed by atoms with E-state index in [4.69, 9.17) is 9.15 Å². The van der Waals surface area contributed by atoms with Gasteiger partial charge in [-0.3, -0.25) is 19.4 Å². The Morgan fingerprint density at radius 1 is 1.17 bits per heavy atom. The summed E-state index contributed by atoms with van der Waals surface area (Å²) < 4.78 is 11.3. The molecule has 0 spiro atoms. The highest BCUT2D eigenvalue weighted by Crippen LogP contribution is 2.33. The molecular weight excluding hydrogens is 370 g/mol. The monoisotopic (exact) mass is 397 g/mol. The first-order valence-corrected chi connectivity index (χ1v) is 10.2. The second-order valence-electron chi connectivity index (χ2n) is 7.58. The molecule has 29 heavy (non-hydrogen) atoms. The van der Waals surface area contributed by atoms with Gasteiger partial charge in [0.15, 0.2) is 6.10 Å². The number of nitrogens with zero attached hydrogens (tertiary/aromatic N) is 2. The maximum absolute atomic E-state index is 12.7. The molecule has 1 N–H and O–H groups in total. The Kier molecular flexibility index (Phi) is 5.85. The first-order chi connectivity index (χ1) is 14.1. The largest absolute Gasteiger partial charge is 0.479 e. The van der Waals surface area contributed by atoms with Gasteiger partial charge in [0.25, 0.3) is 5.91 Å². The van der Waals surface area contributed by atoms with Crippen LogP contribution in [-0.2, 0) is 9.59 Å². The third kappa shape index (κ3) is 4.29. The van der Waals surface area contributed by atoms with E-state index in [-0.39, 0.29) is 24.4 Å². The van der Waals surface area contributed by atoms with E-state index in [0.29, 0.717) is 18.0 Å². The van der Waals surface area contributed by atoms with Crippen LogP contribution < -0.4 is 15.0 Å². The van der Waals surface area contributed by atoms with Crippen molar-refractivity contribution >= 4 is 17.5 Å². The molecular formula is C22H27N3O4. The molecule has 3 heterocycles. The van der Waals surface area contributed by atoms with Gasteiger partial charge in [0.05, 0.1) is 18.0 Å². The highest BCUT2D eigenvalue weighted by Gasteiger charge is 2.33. The van der Waals surface area contributed by atoms with Crippen LogP contribution in [0.15, 0.2) is 47.1 Å². The summed E-state index contributed by atoms with van der Waals surface area (Å²) in [5, 5.41) is 3.01. The van der Waals surface area contributed by atoms with Crippen molar-refractivity contribution in [2.24, 2.45) is 0 Å². The first kappa shape index (κ1) is 19.5. The number of amides is 2. The minimum absolute atomic E-state index is 0.000788. The molecule has 7 nitrogen and oxygen atoms in total. The van der Waals surface area contributed by atoms with Crippen molar-refractivity contribution in [2.75, 3.05) is 31.1 Å². The Hall–Kier alpha value is -2.80. The van der Waals surface area contributed by atoms with E-state index in [1.54, 1.807) is 19.3 Å². The molecule has 1 aromatic carbocycles. The van der Waals surface area contributed by atoms with Gasteiger partial charge in [0, 0.05) is 6.54 Å². The zero-order chi connectivity index (χ0) is 20.2. The van der Waals surface area contributed by atoms with Crippen LogP contribution in [0.25, 0.3) is 0 Å². The number of fused-ring (bicyclic) bond motifs is 1. The fraction of sp³-hybridized carbons (Fsp3) is 0.455. The van der Waals surface area contributed by atoms with Gasteiger partial charge in [-0.05, 0) is 57.1 Å². The van der Waals surface area contributed by atoms with Gasteiger partial charge in [-0.1, -0.05) is 18.6 Å². The molecule has 2 unspecified atom stereocenters. The predicted octanol–water partition coefficient (Wildman–Crippen LogP) is 2.74. The molecule has 0 radical (unpaired) electrons. The number of hydrogen-bond acceptors (Lipinski definition) is 5. The average Bonchev–Trinajstić information content (AvgIpc) is 3.27. The number of hydrogen-bond donors (Lipinski definition) is 1. The molecule has 2 amide bonds. The lowest BCUT2D eigenvalue weighted by Crippen LogP contribution is -2.49. The van der Waals surface area contributed by atoms with E-state index < -0.39 is 6.10 Å². The summed E-state index contributed by atoms with van der Waals surface area (Å²) in [5.41, 5.74) is 0.629. The standard InChI is InChI=1S/C22H27N3O4/c1-16-22(27)25(17-8-3-4-9-20(17)29-16)15-21(26)23-14-18(19-10-7-13-28-19)24-11-5-2-6-12-24/h3-4,7-10,13,16,18H,2,5-6,11-12,14-15H2,1H3,(H,23,26). The highest BCUT2D eigenvalue weighted by molar-refractivity contribution is 6.03. The molecule has 7 heteroatoms. The Balaban J connectivity index is 1.43. The maximum atomic E-state index is 12.7. The van der Waals surface area contributed by atoms with E-state index >= 15 is 0 Å². The summed E-state index contributed by atoms with van der Waals surface area (Å²) in [4.78, 5) is 29.2. The smallest absolute Gasteiger partial charge is 0.268 e. The van der Waals surface area contributed by atoms with Crippen molar-refractivity contribution in [3.05, 3.63) is 48.4 Å². The highest BCUT2D eigenvalue weighted by atomic mass is 16.5. The number of nitrogens with one attached hydrogen (secondary N) is 1. The van der Waals surface area contributed by atoms with Crippen molar-refractivity contribution in [3.63, 3.8) is 0 Å². The lowest BCUT2D eigenvalue weighted by molar-refractivity contribution is -0.128. The van der Waals surface area contributed by atoms with Crippen LogP contribution in [0.1, 0.15) is 38.0 Å². The van der Waals surface area contributed by atoms with Crippen molar-refractivity contribution in [1.82, 2.24) is 10.2 Å². The number of rotatable bonds is 6. The van der Waals surface area contributed by atoms with E-state index in [1.165, 1.54) is 11.3 Å². The molecule has 0 aliphatic carbocycles. The molecule has 4 rings (SSSR count). The minimum atomic E-state index is -0.609. The minimum Gasteiger partial charge on any atom is -0.479 e. The molecule has 2 aliphatic rings. The van der Waals surface area contributed by atoms with Crippen LogP contribution in [0.2, 0.25) is 0 Å². The number of anilines is 1. The van der Waals surface area contributed by atoms with E-state index in [9.17, 15) is 9.59 Å². The van der Waals surface area contributed by atoms with Crippen LogP contribution in [0, 0.1) is 0 Å². The summed E-state index contributed by atoms with van der Waals surface area (Å²) in [6, 6.07) is 11.1. The number of piperidine rings is 1. The molecule has 1 saturated heterocycles. The fourth-order valence-electron chi connectivity index (χ4n) is 4.05. The second kappa shape index (κ2) is 8.69. The SMILES string of the molecule is CC1Oc2ccccc2N(CC(=O)NCC(c2ccco2)N2CCCCC2)C1=O. The van der Waals surface area contributed by atoms with Gasteiger partial charge < -0.3 is 14.5 Å². The maximum Gasteiger partial charge on any atom is 0.268 e. The lowest BCUT2D eigenvalue weighted by atomic mass is 10.1. The Morgan fingerprint density at radius 2 is 1.97 bits per heavy atom. The van der Waals surface area contributed by atoms with Gasteiger partial charge >= 0.3 is 0 Å². The quantitative estimate of drug-likeness (QED) is 0.811. The summed E-state index contributed by atoms with van der Waals surface area (Å²) in [6.45, 7) is 4.10. The Labute approximate surface area is 170 Å². The van der Waals surface area contributed by atoms with Gasteiger partial charge in [-0.15, -0.1) is 0 Å². The molecule has 2 atom stereocenters. The summed E-state index contributed by atoms with van der Waals surface area (Å²) in [7, 11) is 0. The van der Waals surface area contributed by atoms with E-state index in [1.807, 2.05) is 30.3 Å². The Bertz CT molecular complexity index is 846. The van der Waals surface area contributed by atoms with Gasteiger partial charge in [0.2, 0.25) is 5.91 Å². The topological polar surface area (TPSA) is 75.0 Å². The van der Waals surface area contributed by atoms with Gasteiger partial charge in [0.1, 0.15) is 18.1 Å². The van der Waals surface area contributed by atoms with Crippen molar-refractivity contribution in [3.8, 4) is 5.75 Å². The molecule has 154 valence electrons. The second-order valence-corrected chi connectivity index (χ2v) is 7.58. The molecule has 2 aromatic rings. The number of para-hydroxylation sites is 2. The van der Waals surface area contributed by atoms with Crippen LogP contribution >= 0.6 is 0 Å². The summed E-state index contributed by atoms with van der Waals surface area (Å²) >= 11 is 0. The molecule has 0 bridgehead atoms. The number of furan rings is 1. The molecule has 1 fully saturated rings. The number of benzene rings is 1. The van der Waals surface area contributed by atoms with E-state index in [2.05, 4.69) is 10.2 Å². The van der Waals surface area contributed by atoms with E-state index in [0.717, 1.165) is 31.7 Å². The molecule has 0 saturated carbocycles. The number of carbonyl (C=O) groups is 2. The Morgan fingerprint density at radius 3 is 2.72 bits per heavy atom. The summed E-state index contributed by atoms with van der Waals surface area (Å²) in [6.07, 6.45) is 4.61. The average molecular weight is 397 g/mol. The number of ether oxygens (including phenoxy) is 1. The lowest BCUT2D eigenvalue weighted by Gasteiger charge is -2.34. The molecule has 1 aromatic heterocycles.